The number of ether oxygens (including phenoxy) is 2. The van der Waals surface area contributed by atoms with Gasteiger partial charge in [0.05, 0.1) is 24.2 Å². The van der Waals surface area contributed by atoms with E-state index in [1.54, 1.807) is 7.11 Å². The van der Waals surface area contributed by atoms with Gasteiger partial charge in [0, 0.05) is 26.2 Å². The summed E-state index contributed by atoms with van der Waals surface area (Å²) in [6.07, 6.45) is 2.09. The van der Waals surface area contributed by atoms with E-state index in [0.29, 0.717) is 6.54 Å². The van der Waals surface area contributed by atoms with E-state index in [2.05, 4.69) is 6.92 Å². The molecule has 2 fully saturated rings. The summed E-state index contributed by atoms with van der Waals surface area (Å²) in [7, 11) is 1.73. The van der Waals surface area contributed by atoms with Gasteiger partial charge in [-0.3, -0.25) is 4.79 Å². The zero-order valence-corrected chi connectivity index (χ0v) is 13.0. The van der Waals surface area contributed by atoms with Gasteiger partial charge in [-0.2, -0.15) is 0 Å². The summed E-state index contributed by atoms with van der Waals surface area (Å²) in [6.45, 7) is 7.39. The van der Waals surface area contributed by atoms with Crippen LogP contribution in [0.3, 0.4) is 0 Å². The van der Waals surface area contributed by atoms with Gasteiger partial charge in [0.15, 0.2) is 0 Å². The van der Waals surface area contributed by atoms with Gasteiger partial charge < -0.3 is 20.1 Å². The van der Waals surface area contributed by atoms with Gasteiger partial charge >= 0.3 is 0 Å². The Morgan fingerprint density at radius 3 is 2.55 bits per heavy atom. The van der Waals surface area contributed by atoms with Crippen molar-refractivity contribution in [1.29, 1.82) is 0 Å². The molecule has 0 aromatic heterocycles. The van der Waals surface area contributed by atoms with E-state index in [9.17, 15) is 4.79 Å². The normalized spacial score (nSPS) is 42.0. The third-order valence-electron chi connectivity index (χ3n) is 5.08. The van der Waals surface area contributed by atoms with Crippen LogP contribution in [-0.2, 0) is 14.3 Å². The van der Waals surface area contributed by atoms with Crippen molar-refractivity contribution >= 4 is 5.91 Å². The monoisotopic (exact) mass is 284 g/mol. The number of hydrogen-bond donors (Lipinski definition) is 1. The molecule has 6 unspecified atom stereocenters. The van der Waals surface area contributed by atoms with Crippen LogP contribution in [-0.4, -0.2) is 55.4 Å². The van der Waals surface area contributed by atoms with E-state index in [-0.39, 0.29) is 42.1 Å². The number of carbonyl (C=O) groups is 1. The highest BCUT2D eigenvalue weighted by atomic mass is 16.5. The Kier molecular flexibility index (Phi) is 5.04. The lowest BCUT2D eigenvalue weighted by atomic mass is 9.86. The molecule has 6 atom stereocenters. The molecule has 2 aliphatic rings. The van der Waals surface area contributed by atoms with Crippen LogP contribution in [0.25, 0.3) is 0 Å². The van der Waals surface area contributed by atoms with Crippen LogP contribution in [0.15, 0.2) is 0 Å². The average Bonchev–Trinajstić information content (AvgIpc) is 2.70. The highest BCUT2D eigenvalue weighted by Crippen LogP contribution is 2.35. The summed E-state index contributed by atoms with van der Waals surface area (Å²) in [5.41, 5.74) is 5.86. The Bertz CT molecular complexity index is 350. The van der Waals surface area contributed by atoms with Crippen LogP contribution < -0.4 is 5.73 Å². The van der Waals surface area contributed by atoms with Crippen LogP contribution >= 0.6 is 0 Å². The number of likely N-dealkylation sites (tertiary alicyclic amines) is 1. The topological polar surface area (TPSA) is 64.8 Å². The summed E-state index contributed by atoms with van der Waals surface area (Å²) in [5.74, 6) is 0.425. The van der Waals surface area contributed by atoms with Crippen LogP contribution in [0, 0.1) is 11.8 Å². The second-order valence-electron chi connectivity index (χ2n) is 6.23. The lowest BCUT2D eigenvalue weighted by molar-refractivity contribution is -0.143. The Morgan fingerprint density at radius 1 is 1.35 bits per heavy atom. The van der Waals surface area contributed by atoms with Crippen molar-refractivity contribution in [2.24, 2.45) is 17.6 Å². The molecule has 2 saturated heterocycles. The number of rotatable bonds is 3. The van der Waals surface area contributed by atoms with Crippen LogP contribution in [0.5, 0.6) is 0 Å². The van der Waals surface area contributed by atoms with Crippen molar-refractivity contribution in [1.82, 2.24) is 4.90 Å². The van der Waals surface area contributed by atoms with Crippen molar-refractivity contribution in [2.75, 3.05) is 20.2 Å². The molecule has 2 N–H and O–H groups in total. The number of piperidine rings is 1. The summed E-state index contributed by atoms with van der Waals surface area (Å²) in [5, 5.41) is 0. The van der Waals surface area contributed by atoms with E-state index in [4.69, 9.17) is 15.2 Å². The minimum absolute atomic E-state index is 0.00827. The van der Waals surface area contributed by atoms with E-state index >= 15 is 0 Å². The van der Waals surface area contributed by atoms with Crippen molar-refractivity contribution in [3.63, 3.8) is 0 Å². The summed E-state index contributed by atoms with van der Waals surface area (Å²) in [4.78, 5) is 14.8. The first kappa shape index (κ1) is 15.7. The number of methoxy groups -OCH3 is 1. The molecule has 1 amide bonds. The quantitative estimate of drug-likeness (QED) is 0.840. The second-order valence-corrected chi connectivity index (χ2v) is 6.23. The molecule has 20 heavy (non-hydrogen) atoms. The number of hydrogen-bond acceptors (Lipinski definition) is 4. The van der Waals surface area contributed by atoms with Crippen molar-refractivity contribution in [3.8, 4) is 0 Å². The number of nitrogens with two attached hydrogens (primary N) is 1. The largest absolute Gasteiger partial charge is 0.381 e. The summed E-state index contributed by atoms with van der Waals surface area (Å²) >= 11 is 0. The summed E-state index contributed by atoms with van der Waals surface area (Å²) in [6, 6.07) is 0.0940. The fourth-order valence-corrected chi connectivity index (χ4v) is 3.63. The molecular formula is C15H28N2O3. The maximum absolute atomic E-state index is 12.9. The van der Waals surface area contributed by atoms with E-state index < -0.39 is 0 Å². The van der Waals surface area contributed by atoms with E-state index in [1.165, 1.54) is 0 Å². The molecular weight excluding hydrogens is 256 g/mol. The van der Waals surface area contributed by atoms with Crippen molar-refractivity contribution < 1.29 is 14.3 Å². The fourth-order valence-electron chi connectivity index (χ4n) is 3.63. The van der Waals surface area contributed by atoms with E-state index in [0.717, 1.165) is 19.4 Å². The van der Waals surface area contributed by atoms with Gasteiger partial charge in [0.25, 0.3) is 0 Å². The Hall–Kier alpha value is -0.650. The smallest absolute Gasteiger partial charge is 0.228 e. The van der Waals surface area contributed by atoms with Crippen molar-refractivity contribution in [3.05, 3.63) is 0 Å². The third kappa shape index (κ3) is 2.85. The molecule has 0 aromatic carbocycles. The number of nitrogens with zero attached hydrogens (tertiary/aromatic N) is 1. The lowest BCUT2D eigenvalue weighted by Gasteiger charge is -2.40. The number of amides is 1. The van der Waals surface area contributed by atoms with Crippen LogP contribution in [0.4, 0.5) is 0 Å². The molecule has 2 aliphatic heterocycles. The molecule has 2 heterocycles. The zero-order valence-electron chi connectivity index (χ0n) is 13.0. The lowest BCUT2D eigenvalue weighted by Crippen LogP contribution is -2.54. The van der Waals surface area contributed by atoms with Gasteiger partial charge in [-0.1, -0.05) is 6.92 Å². The molecule has 0 saturated carbocycles. The minimum Gasteiger partial charge on any atom is -0.381 e. The molecule has 5 heteroatoms. The Labute approximate surface area is 121 Å². The third-order valence-corrected chi connectivity index (χ3v) is 5.08. The Balaban J connectivity index is 2.08. The van der Waals surface area contributed by atoms with Crippen LogP contribution in [0.2, 0.25) is 0 Å². The minimum atomic E-state index is -0.0434. The molecule has 0 radical (unpaired) electrons. The molecule has 0 aromatic rings. The molecule has 116 valence electrons. The maximum atomic E-state index is 12.9. The first-order chi connectivity index (χ1) is 9.49. The predicted molar refractivity (Wildman–Crippen MR) is 77.2 cm³/mol. The van der Waals surface area contributed by atoms with Crippen molar-refractivity contribution in [2.45, 2.75) is 58.0 Å². The standard InChI is InChI=1S/C15H28N2O3/c1-9-10(2)20-11(3)14(9)15(18)17-6-5-13(19-4)7-12(17)8-16/h9-14H,5-8,16H2,1-4H3. The van der Waals surface area contributed by atoms with Crippen LogP contribution in [0.1, 0.15) is 33.6 Å². The molecule has 0 spiro atoms. The van der Waals surface area contributed by atoms with Gasteiger partial charge in [-0.25, -0.2) is 0 Å². The fraction of sp³-hybridized carbons (Fsp3) is 0.933. The van der Waals surface area contributed by atoms with Gasteiger partial charge in [-0.05, 0) is 32.6 Å². The highest BCUT2D eigenvalue weighted by molar-refractivity contribution is 5.80. The Morgan fingerprint density at radius 2 is 2.05 bits per heavy atom. The predicted octanol–water partition coefficient (Wildman–Crippen LogP) is 1.01. The number of carbonyl (C=O) groups excluding carboxylic acids is 1. The highest BCUT2D eigenvalue weighted by Gasteiger charge is 2.45. The van der Waals surface area contributed by atoms with Gasteiger partial charge in [0.2, 0.25) is 5.91 Å². The van der Waals surface area contributed by atoms with Gasteiger partial charge in [0.1, 0.15) is 0 Å². The molecule has 0 aliphatic carbocycles. The maximum Gasteiger partial charge on any atom is 0.228 e. The molecule has 2 rings (SSSR count). The first-order valence-corrected chi connectivity index (χ1v) is 7.68. The van der Waals surface area contributed by atoms with Gasteiger partial charge in [-0.15, -0.1) is 0 Å². The molecule has 0 bridgehead atoms. The molecule has 5 nitrogen and oxygen atoms in total. The average molecular weight is 284 g/mol. The SMILES string of the molecule is COC1CCN(C(=O)C2C(C)OC(C)C2C)C(CN)C1. The van der Waals surface area contributed by atoms with E-state index in [1.807, 2.05) is 18.7 Å². The second kappa shape index (κ2) is 6.41. The zero-order chi connectivity index (χ0) is 14.9. The first-order valence-electron chi connectivity index (χ1n) is 7.68. The summed E-state index contributed by atoms with van der Waals surface area (Å²) < 4.78 is 11.2.